The summed E-state index contributed by atoms with van der Waals surface area (Å²) in [6.45, 7) is 0. The molecule has 3 aromatic rings. The zero-order valence-corrected chi connectivity index (χ0v) is 16.0. The Labute approximate surface area is 158 Å². The number of hydrogen-bond acceptors (Lipinski definition) is 6. The van der Waals surface area contributed by atoms with Gasteiger partial charge in [0.1, 0.15) is 4.88 Å². The number of thiophene rings is 1. The highest BCUT2D eigenvalue weighted by molar-refractivity contribution is 8.19. The number of methoxy groups -OCH3 is 1. The largest absolute Gasteiger partial charge is 0.493 e. The topological polar surface area (TPSA) is 35.5 Å². The summed E-state index contributed by atoms with van der Waals surface area (Å²) in [7, 11) is 1.60. The molecule has 6 heteroatoms. The molecule has 3 nitrogen and oxygen atoms in total. The minimum absolute atomic E-state index is 0.350. The molecule has 1 fully saturated rings. The lowest BCUT2D eigenvalue weighted by Gasteiger charge is -2.13. The first kappa shape index (κ1) is 16.8. The van der Waals surface area contributed by atoms with E-state index in [2.05, 4.69) is 0 Å². The maximum atomic E-state index is 12.5. The quantitative estimate of drug-likeness (QED) is 0.429. The van der Waals surface area contributed by atoms with Gasteiger partial charge in [0.05, 0.1) is 11.7 Å². The third-order valence-corrected chi connectivity index (χ3v) is 8.11. The van der Waals surface area contributed by atoms with Gasteiger partial charge in [0.2, 0.25) is 0 Å². The first-order chi connectivity index (χ1) is 12.2. The number of ether oxygens (including phenoxy) is 2. The third kappa shape index (κ3) is 3.52. The van der Waals surface area contributed by atoms with Crippen LogP contribution in [0.5, 0.6) is 11.5 Å². The zero-order chi connectivity index (χ0) is 17.2. The number of hydrogen-bond donors (Lipinski definition) is 0. The third-order valence-electron chi connectivity index (χ3n) is 3.91. The Bertz CT molecular complexity index is 880. The van der Waals surface area contributed by atoms with Crippen LogP contribution in [0, 0.1) is 0 Å². The van der Waals surface area contributed by atoms with E-state index in [1.54, 1.807) is 7.11 Å². The van der Waals surface area contributed by atoms with Gasteiger partial charge in [0.25, 0.3) is 0 Å². The Kier molecular flexibility index (Phi) is 4.92. The summed E-state index contributed by atoms with van der Waals surface area (Å²) in [6, 6.07) is 15.6. The predicted octanol–water partition coefficient (Wildman–Crippen LogP) is 5.61. The molecule has 25 heavy (non-hydrogen) atoms. The maximum absolute atomic E-state index is 12.5. The number of rotatable bonds is 4. The van der Waals surface area contributed by atoms with Gasteiger partial charge in [-0.05, 0) is 35.2 Å². The summed E-state index contributed by atoms with van der Waals surface area (Å²) in [5.41, 5.74) is 1.20. The number of fused-ring (bicyclic) bond motifs is 1. The van der Waals surface area contributed by atoms with Crippen LogP contribution in [0.2, 0.25) is 0 Å². The molecule has 0 saturated carbocycles. The lowest BCUT2D eigenvalue weighted by Crippen LogP contribution is -2.07. The van der Waals surface area contributed by atoms with Crippen molar-refractivity contribution in [2.75, 3.05) is 18.6 Å². The lowest BCUT2D eigenvalue weighted by atomic mass is 10.2. The monoisotopic (exact) mass is 388 g/mol. The minimum atomic E-state index is -0.350. The number of carbonyl (C=O) groups excluding carboxylic acids is 1. The first-order valence-electron chi connectivity index (χ1n) is 7.86. The fourth-order valence-corrected chi connectivity index (χ4v) is 6.48. The lowest BCUT2D eigenvalue weighted by molar-refractivity contribution is 0.0735. The van der Waals surface area contributed by atoms with Crippen molar-refractivity contribution in [3.8, 4) is 11.5 Å². The number of benzene rings is 2. The molecule has 0 spiro atoms. The van der Waals surface area contributed by atoms with E-state index in [9.17, 15) is 4.79 Å². The van der Waals surface area contributed by atoms with Gasteiger partial charge in [-0.2, -0.15) is 0 Å². The summed E-state index contributed by atoms with van der Waals surface area (Å²) in [4.78, 5) is 13.1. The maximum Gasteiger partial charge on any atom is 0.353 e. The highest BCUT2D eigenvalue weighted by Crippen LogP contribution is 2.47. The van der Waals surface area contributed by atoms with Crippen LogP contribution in [0.25, 0.3) is 10.1 Å². The molecule has 4 rings (SSSR count). The first-order valence-corrected chi connectivity index (χ1v) is 10.8. The fourth-order valence-electron chi connectivity index (χ4n) is 2.70. The molecule has 0 N–H and O–H groups in total. The van der Waals surface area contributed by atoms with E-state index in [4.69, 9.17) is 9.47 Å². The summed E-state index contributed by atoms with van der Waals surface area (Å²) in [5.74, 6) is 3.04. The van der Waals surface area contributed by atoms with Crippen LogP contribution in [0.4, 0.5) is 0 Å². The van der Waals surface area contributed by atoms with Gasteiger partial charge in [-0.1, -0.05) is 24.3 Å². The number of carbonyl (C=O) groups is 1. The Morgan fingerprint density at radius 1 is 1.04 bits per heavy atom. The van der Waals surface area contributed by atoms with Crippen molar-refractivity contribution in [1.29, 1.82) is 0 Å². The van der Waals surface area contributed by atoms with Crippen LogP contribution in [-0.2, 0) is 0 Å². The van der Waals surface area contributed by atoms with Crippen molar-refractivity contribution >= 4 is 50.9 Å². The Balaban J connectivity index is 1.57. The standard InChI is InChI=1S/C19H16O3S3/c1-21-15-10-13(19-23-8-9-24-19)6-7-14(15)22-18(20)17-11-12-4-2-3-5-16(12)25-17/h2-7,10-11,19H,8-9H2,1H3. The van der Waals surface area contributed by atoms with E-state index < -0.39 is 0 Å². The predicted molar refractivity (Wildman–Crippen MR) is 107 cm³/mol. The highest BCUT2D eigenvalue weighted by Gasteiger charge is 2.21. The molecular weight excluding hydrogens is 372 g/mol. The average Bonchev–Trinajstić information content (AvgIpc) is 3.31. The average molecular weight is 389 g/mol. The van der Waals surface area contributed by atoms with Crippen molar-refractivity contribution in [2.24, 2.45) is 0 Å². The van der Waals surface area contributed by atoms with Crippen LogP contribution in [-0.4, -0.2) is 24.6 Å². The van der Waals surface area contributed by atoms with Gasteiger partial charge >= 0.3 is 5.97 Å². The zero-order valence-electron chi connectivity index (χ0n) is 13.6. The smallest absolute Gasteiger partial charge is 0.353 e. The van der Waals surface area contributed by atoms with E-state index >= 15 is 0 Å². The SMILES string of the molecule is COc1cc(C2SCCS2)ccc1OC(=O)c1cc2ccccc2s1. The Hall–Kier alpha value is -1.63. The molecule has 2 heterocycles. The minimum Gasteiger partial charge on any atom is -0.493 e. The molecule has 1 aromatic heterocycles. The molecule has 0 atom stereocenters. The summed E-state index contributed by atoms with van der Waals surface area (Å²) in [5, 5.41) is 1.05. The van der Waals surface area contributed by atoms with Crippen molar-refractivity contribution in [3.63, 3.8) is 0 Å². The second-order valence-corrected chi connectivity index (χ2v) is 9.33. The number of thioether (sulfide) groups is 2. The second kappa shape index (κ2) is 7.32. The van der Waals surface area contributed by atoms with Crippen molar-refractivity contribution in [1.82, 2.24) is 0 Å². The van der Waals surface area contributed by atoms with E-state index in [0.29, 0.717) is 21.0 Å². The van der Waals surface area contributed by atoms with Gasteiger partial charge in [-0.15, -0.1) is 34.9 Å². The Morgan fingerprint density at radius 3 is 2.60 bits per heavy atom. The second-order valence-electron chi connectivity index (χ2n) is 5.52. The van der Waals surface area contributed by atoms with E-state index in [1.807, 2.05) is 72.1 Å². The van der Waals surface area contributed by atoms with Gasteiger partial charge in [-0.3, -0.25) is 0 Å². The highest BCUT2D eigenvalue weighted by atomic mass is 32.2. The van der Waals surface area contributed by atoms with Crippen LogP contribution in [0.15, 0.2) is 48.5 Å². The summed E-state index contributed by atoms with van der Waals surface area (Å²) >= 11 is 5.31. The molecular formula is C19H16O3S3. The normalized spacial score (nSPS) is 14.8. The number of esters is 1. The van der Waals surface area contributed by atoms with Crippen LogP contribution < -0.4 is 9.47 Å². The van der Waals surface area contributed by atoms with Crippen molar-refractivity contribution < 1.29 is 14.3 Å². The summed E-state index contributed by atoms with van der Waals surface area (Å²) < 4.78 is 12.6. The van der Waals surface area contributed by atoms with Crippen LogP contribution in [0.1, 0.15) is 19.8 Å². The van der Waals surface area contributed by atoms with Gasteiger partial charge in [-0.25, -0.2) is 4.79 Å². The van der Waals surface area contributed by atoms with Crippen molar-refractivity contribution in [3.05, 3.63) is 59.0 Å². The fraction of sp³-hybridized carbons (Fsp3) is 0.211. The molecule has 0 aliphatic carbocycles. The van der Waals surface area contributed by atoms with Gasteiger partial charge in [0.15, 0.2) is 11.5 Å². The molecule has 128 valence electrons. The molecule has 1 saturated heterocycles. The van der Waals surface area contributed by atoms with Gasteiger partial charge in [0, 0.05) is 16.2 Å². The molecule has 0 radical (unpaired) electrons. The molecule has 1 aliphatic heterocycles. The molecule has 1 aliphatic rings. The molecule has 0 unspecified atom stereocenters. The molecule has 0 bridgehead atoms. The molecule has 2 aromatic carbocycles. The Morgan fingerprint density at radius 2 is 1.84 bits per heavy atom. The van der Waals surface area contributed by atoms with Crippen LogP contribution >= 0.6 is 34.9 Å². The summed E-state index contributed by atoms with van der Waals surface area (Å²) in [6.07, 6.45) is 0. The van der Waals surface area contributed by atoms with Crippen molar-refractivity contribution in [2.45, 2.75) is 4.58 Å². The molecule has 0 amide bonds. The van der Waals surface area contributed by atoms with Gasteiger partial charge < -0.3 is 9.47 Å². The van der Waals surface area contributed by atoms with E-state index in [1.165, 1.54) is 28.4 Å². The van der Waals surface area contributed by atoms with E-state index in [0.717, 1.165) is 10.1 Å². The van der Waals surface area contributed by atoms with Crippen LogP contribution in [0.3, 0.4) is 0 Å². The van der Waals surface area contributed by atoms with E-state index in [-0.39, 0.29) is 5.97 Å².